The number of rotatable bonds is 7. The molecule has 7 heteroatoms. The number of hydrogen-bond acceptors (Lipinski definition) is 3. The Hall–Kier alpha value is -2.31. The molecule has 3 aromatic rings. The SMILES string of the molecule is CCn1cc(Cl)c(CNC(=O)c2cccc(COc3ccccc3Br)c2)n1. The number of hydrogen-bond donors (Lipinski definition) is 1. The van der Waals surface area contributed by atoms with Crippen LogP contribution in [-0.2, 0) is 19.7 Å². The topological polar surface area (TPSA) is 56.2 Å². The molecular weight excluding hydrogens is 430 g/mol. The van der Waals surface area contributed by atoms with Gasteiger partial charge in [-0.25, -0.2) is 0 Å². The molecule has 1 aromatic heterocycles. The molecule has 5 nitrogen and oxygen atoms in total. The van der Waals surface area contributed by atoms with E-state index < -0.39 is 0 Å². The fourth-order valence-corrected chi connectivity index (χ4v) is 3.13. The van der Waals surface area contributed by atoms with E-state index in [0.717, 1.165) is 22.3 Å². The van der Waals surface area contributed by atoms with E-state index in [1.807, 2.05) is 49.4 Å². The molecule has 0 saturated carbocycles. The summed E-state index contributed by atoms with van der Waals surface area (Å²) in [5, 5.41) is 7.73. The maximum atomic E-state index is 12.4. The number of amides is 1. The number of aryl methyl sites for hydroxylation is 1. The van der Waals surface area contributed by atoms with E-state index in [0.29, 0.717) is 22.9 Å². The zero-order valence-corrected chi connectivity index (χ0v) is 17.1. The van der Waals surface area contributed by atoms with Gasteiger partial charge in [-0.15, -0.1) is 0 Å². The van der Waals surface area contributed by atoms with Gasteiger partial charge in [0, 0.05) is 18.3 Å². The monoisotopic (exact) mass is 447 g/mol. The minimum Gasteiger partial charge on any atom is -0.488 e. The molecule has 0 atom stereocenters. The summed E-state index contributed by atoms with van der Waals surface area (Å²) in [6.45, 7) is 3.36. The summed E-state index contributed by atoms with van der Waals surface area (Å²) >= 11 is 9.59. The lowest BCUT2D eigenvalue weighted by atomic mass is 10.1. The molecule has 0 fully saturated rings. The highest BCUT2D eigenvalue weighted by Gasteiger charge is 2.11. The van der Waals surface area contributed by atoms with Gasteiger partial charge in [-0.05, 0) is 52.7 Å². The van der Waals surface area contributed by atoms with E-state index >= 15 is 0 Å². The van der Waals surface area contributed by atoms with Gasteiger partial charge in [0.1, 0.15) is 18.1 Å². The first-order chi connectivity index (χ1) is 13.1. The van der Waals surface area contributed by atoms with Crippen molar-refractivity contribution in [1.82, 2.24) is 15.1 Å². The highest BCUT2D eigenvalue weighted by atomic mass is 79.9. The summed E-state index contributed by atoms with van der Waals surface area (Å²) < 4.78 is 8.44. The molecule has 1 heterocycles. The van der Waals surface area contributed by atoms with Crippen molar-refractivity contribution in [3.63, 3.8) is 0 Å². The van der Waals surface area contributed by atoms with Gasteiger partial charge in [0.25, 0.3) is 5.91 Å². The van der Waals surface area contributed by atoms with Crippen molar-refractivity contribution >= 4 is 33.4 Å². The van der Waals surface area contributed by atoms with Crippen molar-refractivity contribution in [1.29, 1.82) is 0 Å². The van der Waals surface area contributed by atoms with Gasteiger partial charge >= 0.3 is 0 Å². The molecule has 0 aliphatic heterocycles. The fourth-order valence-electron chi connectivity index (χ4n) is 2.51. The summed E-state index contributed by atoms with van der Waals surface area (Å²) in [6, 6.07) is 15.0. The fraction of sp³-hybridized carbons (Fsp3) is 0.200. The van der Waals surface area contributed by atoms with E-state index in [1.54, 1.807) is 16.9 Å². The number of ether oxygens (including phenoxy) is 1. The molecule has 0 spiro atoms. The number of benzene rings is 2. The van der Waals surface area contributed by atoms with E-state index in [4.69, 9.17) is 16.3 Å². The van der Waals surface area contributed by atoms with Crippen molar-refractivity contribution < 1.29 is 9.53 Å². The molecule has 0 radical (unpaired) electrons. The first-order valence-electron chi connectivity index (χ1n) is 8.53. The van der Waals surface area contributed by atoms with Gasteiger partial charge in [-0.2, -0.15) is 5.10 Å². The predicted octanol–water partition coefficient (Wildman–Crippen LogP) is 4.83. The first kappa shape index (κ1) is 19.5. The minimum absolute atomic E-state index is 0.181. The minimum atomic E-state index is -0.181. The molecule has 0 aliphatic rings. The molecule has 0 aliphatic carbocycles. The van der Waals surface area contributed by atoms with Crippen LogP contribution in [0.3, 0.4) is 0 Å². The van der Waals surface area contributed by atoms with Crippen LogP contribution in [0.4, 0.5) is 0 Å². The van der Waals surface area contributed by atoms with Crippen LogP contribution < -0.4 is 10.1 Å². The van der Waals surface area contributed by atoms with Crippen molar-refractivity contribution in [2.75, 3.05) is 0 Å². The number of nitrogens with zero attached hydrogens (tertiary/aromatic N) is 2. The predicted molar refractivity (Wildman–Crippen MR) is 109 cm³/mol. The maximum Gasteiger partial charge on any atom is 0.251 e. The lowest BCUT2D eigenvalue weighted by molar-refractivity contribution is 0.0950. The Kier molecular flexibility index (Phi) is 6.53. The smallest absolute Gasteiger partial charge is 0.251 e. The highest BCUT2D eigenvalue weighted by molar-refractivity contribution is 9.10. The number of halogens is 2. The number of para-hydroxylation sites is 1. The molecule has 3 rings (SSSR count). The number of aromatic nitrogens is 2. The van der Waals surface area contributed by atoms with Gasteiger partial charge < -0.3 is 10.1 Å². The molecule has 2 aromatic carbocycles. The van der Waals surface area contributed by atoms with E-state index in [9.17, 15) is 4.79 Å². The highest BCUT2D eigenvalue weighted by Crippen LogP contribution is 2.24. The Balaban J connectivity index is 1.61. The molecule has 140 valence electrons. The van der Waals surface area contributed by atoms with Gasteiger partial charge in [0.15, 0.2) is 0 Å². The van der Waals surface area contributed by atoms with Crippen molar-refractivity contribution in [3.8, 4) is 5.75 Å². The average Bonchev–Trinajstić information content (AvgIpc) is 3.05. The standard InChI is InChI=1S/C20H19BrClN3O2/c1-2-25-12-17(22)18(24-25)11-23-20(26)15-7-5-6-14(10-15)13-27-19-9-4-3-8-16(19)21/h3-10,12H,2,11,13H2,1H3,(H,23,26). The number of nitrogens with one attached hydrogen (secondary N) is 1. The summed E-state index contributed by atoms with van der Waals surface area (Å²) in [7, 11) is 0. The second-order valence-corrected chi connectivity index (χ2v) is 7.14. The number of carbonyl (C=O) groups excluding carboxylic acids is 1. The summed E-state index contributed by atoms with van der Waals surface area (Å²) in [6.07, 6.45) is 1.75. The largest absolute Gasteiger partial charge is 0.488 e. The Morgan fingerprint density at radius 2 is 2.07 bits per heavy atom. The molecule has 1 amide bonds. The van der Waals surface area contributed by atoms with E-state index in [1.165, 1.54) is 0 Å². The molecule has 0 bridgehead atoms. The third-order valence-corrected chi connectivity index (χ3v) is 4.92. The summed E-state index contributed by atoms with van der Waals surface area (Å²) in [5.41, 5.74) is 2.13. The molecule has 1 N–H and O–H groups in total. The average molecular weight is 449 g/mol. The molecule has 0 saturated heterocycles. The molecule has 27 heavy (non-hydrogen) atoms. The number of carbonyl (C=O) groups is 1. The second-order valence-electron chi connectivity index (χ2n) is 5.88. The lowest BCUT2D eigenvalue weighted by Crippen LogP contribution is -2.23. The van der Waals surface area contributed by atoms with Crippen molar-refractivity contribution in [2.45, 2.75) is 26.6 Å². The summed E-state index contributed by atoms with van der Waals surface area (Å²) in [5.74, 6) is 0.577. The van der Waals surface area contributed by atoms with Crippen LogP contribution in [0.2, 0.25) is 5.02 Å². The van der Waals surface area contributed by atoms with Crippen LogP contribution in [0.1, 0.15) is 28.5 Å². The van der Waals surface area contributed by atoms with E-state index in [-0.39, 0.29) is 12.5 Å². The molecular formula is C20H19BrClN3O2. The zero-order chi connectivity index (χ0) is 19.2. The van der Waals surface area contributed by atoms with Crippen molar-refractivity contribution in [2.24, 2.45) is 0 Å². The van der Waals surface area contributed by atoms with E-state index in [2.05, 4.69) is 26.3 Å². The Morgan fingerprint density at radius 1 is 1.26 bits per heavy atom. The van der Waals surface area contributed by atoms with Gasteiger partial charge in [0.05, 0.1) is 16.0 Å². The second kappa shape index (κ2) is 9.06. The Labute approximate surface area is 171 Å². The molecule has 0 unspecified atom stereocenters. The van der Waals surface area contributed by atoms with Crippen LogP contribution >= 0.6 is 27.5 Å². The van der Waals surface area contributed by atoms with Crippen LogP contribution in [-0.4, -0.2) is 15.7 Å². The quantitative estimate of drug-likeness (QED) is 0.563. The van der Waals surface area contributed by atoms with Gasteiger partial charge in [-0.3, -0.25) is 9.48 Å². The van der Waals surface area contributed by atoms with Crippen LogP contribution in [0.25, 0.3) is 0 Å². The zero-order valence-electron chi connectivity index (χ0n) is 14.8. The maximum absolute atomic E-state index is 12.4. The third-order valence-electron chi connectivity index (χ3n) is 3.95. The summed E-state index contributed by atoms with van der Waals surface area (Å²) in [4.78, 5) is 12.4. The lowest BCUT2D eigenvalue weighted by Gasteiger charge is -2.09. The Bertz CT molecular complexity index is 942. The van der Waals surface area contributed by atoms with Crippen LogP contribution in [0.15, 0.2) is 59.2 Å². The van der Waals surface area contributed by atoms with Crippen LogP contribution in [0.5, 0.6) is 5.75 Å². The van der Waals surface area contributed by atoms with Gasteiger partial charge in [0.2, 0.25) is 0 Å². The normalized spacial score (nSPS) is 10.6. The van der Waals surface area contributed by atoms with Crippen LogP contribution in [0, 0.1) is 0 Å². The third kappa shape index (κ3) is 5.11. The van der Waals surface area contributed by atoms with Crippen molar-refractivity contribution in [3.05, 3.63) is 81.0 Å². The Morgan fingerprint density at radius 3 is 2.81 bits per heavy atom. The van der Waals surface area contributed by atoms with Gasteiger partial charge in [-0.1, -0.05) is 35.9 Å². The first-order valence-corrected chi connectivity index (χ1v) is 9.70.